The van der Waals surface area contributed by atoms with Crippen LogP contribution in [0.15, 0.2) is 18.2 Å². The van der Waals surface area contributed by atoms with Crippen molar-refractivity contribution >= 4 is 12.1 Å². The molecule has 0 unspecified atom stereocenters. The number of nitrogens with one attached hydrogen (secondary N) is 2. The van der Waals surface area contributed by atoms with E-state index in [9.17, 15) is 9.59 Å². The maximum absolute atomic E-state index is 12.0. The van der Waals surface area contributed by atoms with E-state index in [4.69, 9.17) is 14.2 Å². The van der Waals surface area contributed by atoms with Crippen LogP contribution in [-0.2, 0) is 11.2 Å². The largest absolute Gasteiger partial charge is 0.454 e. The third-order valence-corrected chi connectivity index (χ3v) is 4.33. The van der Waals surface area contributed by atoms with E-state index in [0.29, 0.717) is 26.1 Å². The van der Waals surface area contributed by atoms with E-state index >= 15 is 0 Å². The second kappa shape index (κ2) is 7.96. The molecule has 1 aromatic carbocycles. The van der Waals surface area contributed by atoms with Crippen molar-refractivity contribution in [1.29, 1.82) is 0 Å². The summed E-state index contributed by atoms with van der Waals surface area (Å²) in [5.74, 6) is 1.49. The summed E-state index contributed by atoms with van der Waals surface area (Å²) < 4.78 is 15.3. The molecule has 1 aromatic rings. The highest BCUT2D eigenvalue weighted by Crippen LogP contribution is 2.32. The molecular formula is C17H23N3O5. The number of hydrogen-bond donors (Lipinski definition) is 2. The van der Waals surface area contributed by atoms with Crippen molar-refractivity contribution < 1.29 is 23.8 Å². The Labute approximate surface area is 146 Å². The third kappa shape index (κ3) is 4.46. The van der Waals surface area contributed by atoms with Crippen LogP contribution in [0.3, 0.4) is 0 Å². The van der Waals surface area contributed by atoms with E-state index in [2.05, 4.69) is 10.6 Å². The summed E-state index contributed by atoms with van der Waals surface area (Å²) in [6.07, 6.45) is 2.04. The number of piperidine rings is 1. The van der Waals surface area contributed by atoms with E-state index in [0.717, 1.165) is 29.9 Å². The van der Waals surface area contributed by atoms with Gasteiger partial charge in [-0.15, -0.1) is 0 Å². The number of urea groups is 1. The van der Waals surface area contributed by atoms with Crippen molar-refractivity contribution in [3.63, 3.8) is 0 Å². The normalized spacial score (nSPS) is 18.6. The number of ether oxygens (including phenoxy) is 3. The monoisotopic (exact) mass is 349 g/mol. The van der Waals surface area contributed by atoms with Gasteiger partial charge in [0.05, 0.1) is 7.11 Å². The van der Waals surface area contributed by atoms with Gasteiger partial charge in [0.15, 0.2) is 11.5 Å². The summed E-state index contributed by atoms with van der Waals surface area (Å²) in [6.45, 7) is 1.90. The molecular weight excluding hydrogens is 326 g/mol. The van der Waals surface area contributed by atoms with E-state index < -0.39 is 0 Å². The van der Waals surface area contributed by atoms with Crippen LogP contribution in [0.2, 0.25) is 0 Å². The number of carbonyl (C=O) groups excluding carboxylic acids is 2. The first-order valence-corrected chi connectivity index (χ1v) is 8.41. The standard InChI is InChI=1S/C17H23N3O5/c1-23-17(22)20-8-2-3-13(10-20)19-16(21)18-7-6-12-4-5-14-15(9-12)25-11-24-14/h4-5,9,13H,2-3,6-8,10-11H2,1H3,(H2,18,19,21)/t13-/m1/s1. The Balaban J connectivity index is 1.40. The highest BCUT2D eigenvalue weighted by molar-refractivity contribution is 5.74. The Morgan fingerprint density at radius 1 is 1.32 bits per heavy atom. The number of hydrogen-bond acceptors (Lipinski definition) is 5. The highest BCUT2D eigenvalue weighted by atomic mass is 16.7. The minimum atomic E-state index is -0.352. The molecule has 3 rings (SSSR count). The summed E-state index contributed by atoms with van der Waals surface area (Å²) in [5.41, 5.74) is 1.07. The van der Waals surface area contributed by atoms with Gasteiger partial charge in [-0.25, -0.2) is 9.59 Å². The molecule has 0 aliphatic carbocycles. The lowest BCUT2D eigenvalue weighted by atomic mass is 10.1. The molecule has 0 spiro atoms. The molecule has 2 N–H and O–H groups in total. The van der Waals surface area contributed by atoms with Crippen LogP contribution in [-0.4, -0.2) is 56.6 Å². The van der Waals surface area contributed by atoms with E-state index in [1.54, 1.807) is 4.90 Å². The van der Waals surface area contributed by atoms with Crippen LogP contribution in [0.4, 0.5) is 9.59 Å². The number of benzene rings is 1. The minimum Gasteiger partial charge on any atom is -0.454 e. The van der Waals surface area contributed by atoms with Crippen LogP contribution < -0.4 is 20.1 Å². The predicted octanol–water partition coefficient (Wildman–Crippen LogP) is 1.49. The van der Waals surface area contributed by atoms with Gasteiger partial charge in [0, 0.05) is 25.7 Å². The van der Waals surface area contributed by atoms with E-state index in [1.807, 2.05) is 18.2 Å². The van der Waals surface area contributed by atoms with Crippen molar-refractivity contribution in [2.75, 3.05) is 33.5 Å². The maximum atomic E-state index is 12.0. The van der Waals surface area contributed by atoms with Crippen LogP contribution in [0, 0.1) is 0 Å². The minimum absolute atomic E-state index is 0.0570. The van der Waals surface area contributed by atoms with Crippen LogP contribution in [0.25, 0.3) is 0 Å². The summed E-state index contributed by atoms with van der Waals surface area (Å²) >= 11 is 0. The Morgan fingerprint density at radius 3 is 3.00 bits per heavy atom. The first-order valence-electron chi connectivity index (χ1n) is 8.41. The quantitative estimate of drug-likeness (QED) is 0.860. The molecule has 0 bridgehead atoms. The lowest BCUT2D eigenvalue weighted by Gasteiger charge is -2.32. The molecule has 2 aliphatic rings. The third-order valence-electron chi connectivity index (χ3n) is 4.33. The summed E-state index contributed by atoms with van der Waals surface area (Å²) in [4.78, 5) is 25.2. The SMILES string of the molecule is COC(=O)N1CCC[C@@H](NC(=O)NCCc2ccc3c(c2)OCO3)C1. The van der Waals surface area contributed by atoms with E-state index in [1.165, 1.54) is 7.11 Å². The fourth-order valence-electron chi connectivity index (χ4n) is 3.04. The molecule has 2 aliphatic heterocycles. The van der Waals surface area contributed by atoms with Gasteiger partial charge in [0.1, 0.15) is 0 Å². The zero-order valence-corrected chi connectivity index (χ0v) is 14.2. The molecule has 1 saturated heterocycles. The van der Waals surface area contributed by atoms with Gasteiger partial charge >= 0.3 is 12.1 Å². The highest BCUT2D eigenvalue weighted by Gasteiger charge is 2.25. The molecule has 3 amide bonds. The molecule has 0 saturated carbocycles. The second-order valence-corrected chi connectivity index (χ2v) is 6.09. The van der Waals surface area contributed by atoms with Gasteiger partial charge in [-0.1, -0.05) is 6.07 Å². The van der Waals surface area contributed by atoms with Gasteiger partial charge in [-0.2, -0.15) is 0 Å². The fraction of sp³-hybridized carbons (Fsp3) is 0.529. The lowest BCUT2D eigenvalue weighted by Crippen LogP contribution is -2.52. The topological polar surface area (TPSA) is 89.1 Å². The van der Waals surface area contributed by atoms with Crippen molar-refractivity contribution in [2.45, 2.75) is 25.3 Å². The average Bonchev–Trinajstić information content (AvgIpc) is 3.09. The van der Waals surface area contributed by atoms with Crippen molar-refractivity contribution in [2.24, 2.45) is 0 Å². The lowest BCUT2D eigenvalue weighted by molar-refractivity contribution is 0.108. The van der Waals surface area contributed by atoms with Gasteiger partial charge in [0.2, 0.25) is 6.79 Å². The van der Waals surface area contributed by atoms with E-state index in [-0.39, 0.29) is 25.0 Å². The molecule has 8 nitrogen and oxygen atoms in total. The molecule has 0 radical (unpaired) electrons. The van der Waals surface area contributed by atoms with Gasteiger partial charge in [-0.05, 0) is 37.0 Å². The molecule has 2 heterocycles. The Morgan fingerprint density at radius 2 is 2.16 bits per heavy atom. The Hall–Kier alpha value is -2.64. The summed E-state index contributed by atoms with van der Waals surface area (Å²) in [6, 6.07) is 5.48. The molecule has 25 heavy (non-hydrogen) atoms. The average molecular weight is 349 g/mol. The summed E-state index contributed by atoms with van der Waals surface area (Å²) in [7, 11) is 1.36. The van der Waals surface area contributed by atoms with Gasteiger partial charge in [-0.3, -0.25) is 0 Å². The number of fused-ring (bicyclic) bond motifs is 1. The zero-order valence-electron chi connectivity index (χ0n) is 14.2. The number of methoxy groups -OCH3 is 1. The summed E-state index contributed by atoms with van der Waals surface area (Å²) in [5, 5.41) is 5.76. The van der Waals surface area contributed by atoms with Crippen molar-refractivity contribution in [3.8, 4) is 11.5 Å². The number of rotatable bonds is 4. The first kappa shape index (κ1) is 17.2. The van der Waals surface area contributed by atoms with Gasteiger partial charge < -0.3 is 29.7 Å². The smallest absolute Gasteiger partial charge is 0.409 e. The second-order valence-electron chi connectivity index (χ2n) is 6.09. The Kier molecular flexibility index (Phi) is 5.47. The number of carbonyl (C=O) groups is 2. The van der Waals surface area contributed by atoms with Crippen LogP contribution >= 0.6 is 0 Å². The first-order chi connectivity index (χ1) is 12.2. The molecule has 1 fully saturated rings. The maximum Gasteiger partial charge on any atom is 0.409 e. The molecule has 0 aromatic heterocycles. The molecule has 8 heteroatoms. The zero-order chi connectivity index (χ0) is 17.6. The molecule has 1 atom stereocenters. The molecule has 136 valence electrons. The van der Waals surface area contributed by atoms with Crippen molar-refractivity contribution in [3.05, 3.63) is 23.8 Å². The number of likely N-dealkylation sites (tertiary alicyclic amines) is 1. The van der Waals surface area contributed by atoms with Gasteiger partial charge in [0.25, 0.3) is 0 Å². The van der Waals surface area contributed by atoms with Crippen LogP contribution in [0.5, 0.6) is 11.5 Å². The van der Waals surface area contributed by atoms with Crippen molar-refractivity contribution in [1.82, 2.24) is 15.5 Å². The van der Waals surface area contributed by atoms with Crippen LogP contribution in [0.1, 0.15) is 18.4 Å². The predicted molar refractivity (Wildman–Crippen MR) is 89.8 cm³/mol. The Bertz CT molecular complexity index is 637. The number of nitrogens with zero attached hydrogens (tertiary/aromatic N) is 1. The number of amides is 3. The fourth-order valence-corrected chi connectivity index (χ4v) is 3.04.